The van der Waals surface area contributed by atoms with Gasteiger partial charge in [-0.1, -0.05) is 12.1 Å². The lowest BCUT2D eigenvalue weighted by molar-refractivity contribution is 0.0211. The number of carbonyl (C=O) groups is 1. The number of ether oxygens (including phenoxy) is 1. The monoisotopic (exact) mass is 339 g/mol. The van der Waals surface area contributed by atoms with E-state index in [0.717, 1.165) is 17.7 Å². The van der Waals surface area contributed by atoms with E-state index in [1.54, 1.807) is 12.1 Å². The molecule has 132 valence electrons. The molecule has 1 aliphatic rings. The van der Waals surface area contributed by atoms with Crippen LogP contribution in [0.2, 0.25) is 0 Å². The zero-order valence-electron chi connectivity index (χ0n) is 15.0. The second-order valence-corrected chi connectivity index (χ2v) is 7.33. The maximum absolute atomic E-state index is 12.6. The van der Waals surface area contributed by atoms with Crippen LogP contribution in [0.5, 0.6) is 11.5 Å². The topological polar surface area (TPSA) is 49.8 Å². The molecule has 1 N–H and O–H groups in total. The van der Waals surface area contributed by atoms with Crippen molar-refractivity contribution in [3.05, 3.63) is 59.7 Å². The first kappa shape index (κ1) is 17.5. The Morgan fingerprint density at radius 3 is 2.48 bits per heavy atom. The number of nitrogens with zero attached hydrogens (tertiary/aromatic N) is 1. The van der Waals surface area contributed by atoms with Gasteiger partial charge in [-0.2, -0.15) is 0 Å². The Kier molecular flexibility index (Phi) is 4.82. The normalized spacial score (nSPS) is 17.6. The molecule has 0 radical (unpaired) electrons. The first-order valence-electron chi connectivity index (χ1n) is 8.69. The summed E-state index contributed by atoms with van der Waals surface area (Å²) in [5.74, 6) is 1.62. The third-order valence-corrected chi connectivity index (χ3v) is 4.80. The number of rotatable bonds is 4. The molecule has 1 saturated heterocycles. The van der Waals surface area contributed by atoms with Crippen LogP contribution in [0.3, 0.4) is 0 Å². The van der Waals surface area contributed by atoms with E-state index in [-0.39, 0.29) is 11.8 Å². The highest BCUT2D eigenvalue weighted by molar-refractivity contribution is 5.94. The number of benzene rings is 2. The predicted molar refractivity (Wildman–Crippen MR) is 98.0 cm³/mol. The lowest BCUT2D eigenvalue weighted by atomic mass is 9.90. The van der Waals surface area contributed by atoms with Crippen molar-refractivity contribution in [3.63, 3.8) is 0 Å². The summed E-state index contributed by atoms with van der Waals surface area (Å²) in [6.45, 7) is 6.93. The van der Waals surface area contributed by atoms with Crippen molar-refractivity contribution in [2.24, 2.45) is 5.92 Å². The second-order valence-electron chi connectivity index (χ2n) is 7.33. The maximum atomic E-state index is 12.6. The van der Waals surface area contributed by atoms with E-state index in [1.165, 1.54) is 0 Å². The molecule has 25 heavy (non-hydrogen) atoms. The van der Waals surface area contributed by atoms with Crippen LogP contribution in [0.1, 0.15) is 36.2 Å². The summed E-state index contributed by atoms with van der Waals surface area (Å²) in [5.41, 5.74) is 1.04. The van der Waals surface area contributed by atoms with E-state index in [1.807, 2.05) is 62.1 Å². The fourth-order valence-electron chi connectivity index (χ4n) is 3.18. The molecule has 1 atom stereocenters. The largest absolute Gasteiger partial charge is 0.457 e. The Hall–Kier alpha value is -2.33. The van der Waals surface area contributed by atoms with Crippen molar-refractivity contribution >= 4 is 5.91 Å². The zero-order valence-corrected chi connectivity index (χ0v) is 15.0. The smallest absolute Gasteiger partial charge is 0.253 e. The molecule has 0 aliphatic carbocycles. The number of aryl methyl sites for hydroxylation is 1. The van der Waals surface area contributed by atoms with Gasteiger partial charge in [0.15, 0.2) is 0 Å². The van der Waals surface area contributed by atoms with E-state index in [9.17, 15) is 9.90 Å². The first-order valence-corrected chi connectivity index (χ1v) is 8.69. The standard InChI is InChI=1S/C21H25NO3/c1-15-5-4-6-19(13-15)25-18-9-7-16(8-10-18)20(23)22-12-11-17(14-22)21(2,3)24/h4-10,13,17,24H,11-12,14H2,1-3H3/t17-/m1/s1. The minimum Gasteiger partial charge on any atom is -0.457 e. The number of aliphatic hydroxyl groups is 1. The molecule has 2 aromatic rings. The average Bonchev–Trinajstić information content (AvgIpc) is 3.05. The molecule has 0 aromatic heterocycles. The summed E-state index contributed by atoms with van der Waals surface area (Å²) in [4.78, 5) is 14.5. The molecular formula is C21H25NO3. The van der Waals surface area contributed by atoms with Crippen LogP contribution in [0.15, 0.2) is 48.5 Å². The Morgan fingerprint density at radius 1 is 1.16 bits per heavy atom. The third kappa shape index (κ3) is 4.20. The highest BCUT2D eigenvalue weighted by atomic mass is 16.5. The Morgan fingerprint density at radius 2 is 1.88 bits per heavy atom. The van der Waals surface area contributed by atoms with Crippen molar-refractivity contribution in [2.45, 2.75) is 32.8 Å². The van der Waals surface area contributed by atoms with Crippen LogP contribution in [0.25, 0.3) is 0 Å². The minimum atomic E-state index is -0.749. The van der Waals surface area contributed by atoms with Gasteiger partial charge in [0.1, 0.15) is 11.5 Å². The van der Waals surface area contributed by atoms with Crippen molar-refractivity contribution in [1.29, 1.82) is 0 Å². The summed E-state index contributed by atoms with van der Waals surface area (Å²) in [7, 11) is 0. The van der Waals surface area contributed by atoms with Crippen molar-refractivity contribution in [2.75, 3.05) is 13.1 Å². The van der Waals surface area contributed by atoms with Crippen LogP contribution in [-0.4, -0.2) is 34.6 Å². The molecule has 3 rings (SSSR count). The number of carbonyl (C=O) groups excluding carboxylic acids is 1. The molecule has 0 unspecified atom stereocenters. The maximum Gasteiger partial charge on any atom is 0.253 e. The minimum absolute atomic E-state index is 0.00820. The number of hydrogen-bond donors (Lipinski definition) is 1. The molecule has 1 heterocycles. The summed E-state index contributed by atoms with van der Waals surface area (Å²) >= 11 is 0. The van der Waals surface area contributed by atoms with Gasteiger partial charge in [0.2, 0.25) is 0 Å². The van der Waals surface area contributed by atoms with Crippen LogP contribution in [-0.2, 0) is 0 Å². The van der Waals surface area contributed by atoms with E-state index in [4.69, 9.17) is 4.74 Å². The zero-order chi connectivity index (χ0) is 18.0. The quantitative estimate of drug-likeness (QED) is 0.915. The van der Waals surface area contributed by atoms with E-state index in [0.29, 0.717) is 24.4 Å². The Labute approximate surface area is 149 Å². The summed E-state index contributed by atoms with van der Waals surface area (Å²) in [6, 6.07) is 15.1. The number of amides is 1. The van der Waals surface area contributed by atoms with E-state index < -0.39 is 5.60 Å². The average molecular weight is 339 g/mol. The predicted octanol–water partition coefficient (Wildman–Crippen LogP) is 4.02. The molecule has 0 saturated carbocycles. The van der Waals surface area contributed by atoms with E-state index in [2.05, 4.69) is 0 Å². The highest BCUT2D eigenvalue weighted by Gasteiger charge is 2.35. The molecule has 1 fully saturated rings. The first-order chi connectivity index (χ1) is 11.8. The summed E-state index contributed by atoms with van der Waals surface area (Å²) in [6.07, 6.45) is 0.837. The van der Waals surface area contributed by atoms with Gasteiger partial charge in [-0.25, -0.2) is 0 Å². The van der Waals surface area contributed by atoms with Gasteiger partial charge in [0, 0.05) is 24.6 Å². The summed E-state index contributed by atoms with van der Waals surface area (Å²) in [5, 5.41) is 10.1. The SMILES string of the molecule is Cc1cccc(Oc2ccc(C(=O)N3CC[C@@H](C(C)(C)O)C3)cc2)c1. The van der Waals surface area contributed by atoms with Crippen LogP contribution < -0.4 is 4.74 Å². The van der Waals surface area contributed by atoms with Crippen LogP contribution in [0.4, 0.5) is 0 Å². The fourth-order valence-corrected chi connectivity index (χ4v) is 3.18. The lowest BCUT2D eigenvalue weighted by Crippen LogP contribution is -2.35. The van der Waals surface area contributed by atoms with Gasteiger partial charge in [-0.05, 0) is 69.2 Å². The molecular weight excluding hydrogens is 314 g/mol. The molecule has 4 heteroatoms. The van der Waals surface area contributed by atoms with Gasteiger partial charge in [0.25, 0.3) is 5.91 Å². The number of hydrogen-bond acceptors (Lipinski definition) is 3. The molecule has 1 amide bonds. The Balaban J connectivity index is 1.65. The highest BCUT2D eigenvalue weighted by Crippen LogP contribution is 2.28. The molecule has 4 nitrogen and oxygen atoms in total. The van der Waals surface area contributed by atoms with Gasteiger partial charge >= 0.3 is 0 Å². The second kappa shape index (κ2) is 6.89. The van der Waals surface area contributed by atoms with Crippen molar-refractivity contribution in [3.8, 4) is 11.5 Å². The molecule has 0 spiro atoms. The Bertz CT molecular complexity index is 746. The van der Waals surface area contributed by atoms with Crippen molar-refractivity contribution < 1.29 is 14.6 Å². The van der Waals surface area contributed by atoms with Crippen LogP contribution in [0, 0.1) is 12.8 Å². The van der Waals surface area contributed by atoms with Gasteiger partial charge in [0.05, 0.1) is 5.60 Å². The van der Waals surface area contributed by atoms with Crippen molar-refractivity contribution in [1.82, 2.24) is 4.90 Å². The van der Waals surface area contributed by atoms with Gasteiger partial charge in [-0.3, -0.25) is 4.79 Å². The molecule has 0 bridgehead atoms. The lowest BCUT2D eigenvalue weighted by Gasteiger charge is -2.25. The third-order valence-electron chi connectivity index (χ3n) is 4.80. The van der Waals surface area contributed by atoms with Crippen LogP contribution >= 0.6 is 0 Å². The fraction of sp³-hybridized carbons (Fsp3) is 0.381. The summed E-state index contributed by atoms with van der Waals surface area (Å²) < 4.78 is 5.82. The number of likely N-dealkylation sites (tertiary alicyclic amines) is 1. The van der Waals surface area contributed by atoms with E-state index >= 15 is 0 Å². The molecule has 2 aromatic carbocycles. The van der Waals surface area contributed by atoms with Gasteiger partial charge in [-0.15, -0.1) is 0 Å². The molecule has 1 aliphatic heterocycles. The van der Waals surface area contributed by atoms with Gasteiger partial charge < -0.3 is 14.7 Å².